The average molecular weight is 401 g/mol. The van der Waals surface area contributed by atoms with E-state index >= 15 is 0 Å². The monoisotopic (exact) mass is 401 g/mol. The standard InChI is InChI=1S/C19H22F3NO3S/c1-14(2)13-18(24,19(20,21)22)15-9-11-16(12-10-15)23(3)27(25,26)17-7-5-4-6-8-17/h4-12,14,24H,13H2,1-3H3. The summed E-state index contributed by atoms with van der Waals surface area (Å²) < 4.78 is 66.6. The van der Waals surface area contributed by atoms with Gasteiger partial charge in [0.25, 0.3) is 10.0 Å². The lowest BCUT2D eigenvalue weighted by atomic mass is 9.85. The number of halogens is 3. The van der Waals surface area contributed by atoms with Crippen LogP contribution in [0.15, 0.2) is 59.5 Å². The van der Waals surface area contributed by atoms with Gasteiger partial charge in [0.15, 0.2) is 5.60 Å². The third-order valence-electron chi connectivity index (χ3n) is 4.28. The number of hydrogen-bond acceptors (Lipinski definition) is 3. The number of sulfonamides is 1. The third kappa shape index (κ3) is 4.27. The van der Waals surface area contributed by atoms with E-state index in [1.54, 1.807) is 32.0 Å². The van der Waals surface area contributed by atoms with Gasteiger partial charge in [-0.1, -0.05) is 44.2 Å². The molecule has 0 fully saturated rings. The third-order valence-corrected chi connectivity index (χ3v) is 6.08. The van der Waals surface area contributed by atoms with Crippen LogP contribution in [-0.2, 0) is 15.6 Å². The molecule has 0 aromatic heterocycles. The number of aliphatic hydroxyl groups is 1. The van der Waals surface area contributed by atoms with Gasteiger partial charge in [-0.3, -0.25) is 4.31 Å². The summed E-state index contributed by atoms with van der Waals surface area (Å²) in [6.45, 7) is 3.18. The van der Waals surface area contributed by atoms with Gasteiger partial charge >= 0.3 is 6.18 Å². The van der Waals surface area contributed by atoms with Gasteiger partial charge in [-0.05, 0) is 42.2 Å². The van der Waals surface area contributed by atoms with Crippen molar-refractivity contribution < 1.29 is 26.7 Å². The van der Waals surface area contributed by atoms with Crippen LogP contribution in [-0.4, -0.2) is 26.7 Å². The van der Waals surface area contributed by atoms with Crippen molar-refractivity contribution in [3.8, 4) is 0 Å². The molecule has 1 atom stereocenters. The molecule has 0 saturated carbocycles. The molecule has 0 radical (unpaired) electrons. The minimum Gasteiger partial charge on any atom is -0.376 e. The molecule has 1 N–H and O–H groups in total. The molecule has 0 amide bonds. The number of nitrogens with zero attached hydrogens (tertiary/aromatic N) is 1. The summed E-state index contributed by atoms with van der Waals surface area (Å²) in [6.07, 6.45) is -5.34. The Balaban J connectivity index is 2.39. The maximum atomic E-state index is 13.5. The van der Waals surface area contributed by atoms with Crippen LogP contribution in [0.25, 0.3) is 0 Å². The molecule has 0 aliphatic rings. The fourth-order valence-electron chi connectivity index (χ4n) is 2.82. The molecule has 8 heteroatoms. The Morgan fingerprint density at radius 3 is 1.96 bits per heavy atom. The first-order valence-corrected chi connectivity index (χ1v) is 9.77. The van der Waals surface area contributed by atoms with Gasteiger partial charge in [0.2, 0.25) is 0 Å². The largest absolute Gasteiger partial charge is 0.421 e. The molecule has 0 aliphatic carbocycles. The Hall–Kier alpha value is -2.06. The first kappa shape index (κ1) is 21.2. The summed E-state index contributed by atoms with van der Waals surface area (Å²) in [7, 11) is -2.52. The Labute approximate surface area is 157 Å². The van der Waals surface area contributed by atoms with Crippen LogP contribution in [0.5, 0.6) is 0 Å². The average Bonchev–Trinajstić information content (AvgIpc) is 2.60. The van der Waals surface area contributed by atoms with Gasteiger partial charge in [-0.15, -0.1) is 0 Å². The highest BCUT2D eigenvalue weighted by Crippen LogP contribution is 2.43. The zero-order valence-electron chi connectivity index (χ0n) is 15.2. The van der Waals surface area contributed by atoms with Crippen molar-refractivity contribution in [2.45, 2.75) is 36.9 Å². The lowest BCUT2D eigenvalue weighted by molar-refractivity contribution is -0.272. The topological polar surface area (TPSA) is 57.6 Å². The Bertz CT molecular complexity index is 865. The van der Waals surface area contributed by atoms with Crippen LogP contribution in [0, 0.1) is 5.92 Å². The van der Waals surface area contributed by atoms with E-state index in [2.05, 4.69) is 0 Å². The number of anilines is 1. The van der Waals surface area contributed by atoms with E-state index in [1.807, 2.05) is 0 Å². The molecular formula is C19H22F3NO3S. The zero-order valence-corrected chi connectivity index (χ0v) is 16.1. The highest BCUT2D eigenvalue weighted by atomic mass is 32.2. The smallest absolute Gasteiger partial charge is 0.376 e. The normalized spacial score (nSPS) is 14.8. The molecule has 0 aliphatic heterocycles. The lowest BCUT2D eigenvalue weighted by Crippen LogP contribution is -2.43. The highest BCUT2D eigenvalue weighted by Gasteiger charge is 2.54. The first-order chi connectivity index (χ1) is 12.4. The van der Waals surface area contributed by atoms with E-state index in [4.69, 9.17) is 0 Å². The number of alkyl halides is 3. The summed E-state index contributed by atoms with van der Waals surface area (Å²) >= 11 is 0. The van der Waals surface area contributed by atoms with E-state index in [0.29, 0.717) is 0 Å². The molecule has 1 unspecified atom stereocenters. The van der Waals surface area contributed by atoms with E-state index < -0.39 is 34.1 Å². The van der Waals surface area contributed by atoms with Crippen LogP contribution in [0.1, 0.15) is 25.8 Å². The Morgan fingerprint density at radius 1 is 1.00 bits per heavy atom. The summed E-state index contributed by atoms with van der Waals surface area (Å²) in [5, 5.41) is 10.3. The van der Waals surface area contributed by atoms with Crippen molar-refractivity contribution in [2.75, 3.05) is 11.4 Å². The number of hydrogen-bond donors (Lipinski definition) is 1. The molecule has 27 heavy (non-hydrogen) atoms. The van der Waals surface area contributed by atoms with E-state index in [1.165, 1.54) is 31.3 Å². The second kappa shape index (κ2) is 7.52. The van der Waals surface area contributed by atoms with Crippen molar-refractivity contribution in [1.29, 1.82) is 0 Å². The zero-order chi connectivity index (χ0) is 20.5. The number of benzene rings is 2. The molecule has 4 nitrogen and oxygen atoms in total. The van der Waals surface area contributed by atoms with Gasteiger partial charge < -0.3 is 5.11 Å². The van der Waals surface area contributed by atoms with E-state index in [9.17, 15) is 26.7 Å². The summed E-state index contributed by atoms with van der Waals surface area (Å²) in [6, 6.07) is 12.5. The maximum Gasteiger partial charge on any atom is 0.421 e. The van der Waals surface area contributed by atoms with Crippen LogP contribution in [0.4, 0.5) is 18.9 Å². The first-order valence-electron chi connectivity index (χ1n) is 8.33. The van der Waals surface area contributed by atoms with Gasteiger partial charge in [-0.2, -0.15) is 13.2 Å². The summed E-state index contributed by atoms with van der Waals surface area (Å²) in [4.78, 5) is 0.0724. The van der Waals surface area contributed by atoms with Crippen LogP contribution in [0.3, 0.4) is 0 Å². The van der Waals surface area contributed by atoms with Gasteiger partial charge in [-0.25, -0.2) is 8.42 Å². The van der Waals surface area contributed by atoms with Crippen molar-refractivity contribution in [1.82, 2.24) is 0 Å². The SMILES string of the molecule is CC(C)CC(O)(c1ccc(N(C)S(=O)(=O)c2ccccc2)cc1)C(F)(F)F. The van der Waals surface area contributed by atoms with Gasteiger partial charge in [0, 0.05) is 7.05 Å². The predicted molar refractivity (Wildman–Crippen MR) is 97.9 cm³/mol. The van der Waals surface area contributed by atoms with Crippen molar-refractivity contribution in [2.24, 2.45) is 5.92 Å². The molecule has 0 saturated heterocycles. The van der Waals surface area contributed by atoms with Crippen LogP contribution >= 0.6 is 0 Å². The maximum absolute atomic E-state index is 13.5. The molecular weight excluding hydrogens is 379 g/mol. The summed E-state index contributed by atoms with van der Waals surface area (Å²) in [5.41, 5.74) is -3.12. The molecule has 0 heterocycles. The second-order valence-corrected chi connectivity index (χ2v) is 8.76. The second-order valence-electron chi connectivity index (χ2n) is 6.79. The van der Waals surface area contributed by atoms with Crippen LogP contribution < -0.4 is 4.31 Å². The molecule has 0 bridgehead atoms. The summed E-state index contributed by atoms with van der Waals surface area (Å²) in [5.74, 6) is -0.391. The van der Waals surface area contributed by atoms with Gasteiger partial charge in [0.05, 0.1) is 10.6 Å². The molecule has 2 rings (SSSR count). The lowest BCUT2D eigenvalue weighted by Gasteiger charge is -2.33. The van der Waals surface area contributed by atoms with Crippen molar-refractivity contribution in [3.05, 3.63) is 60.2 Å². The fourth-order valence-corrected chi connectivity index (χ4v) is 4.04. The molecule has 2 aromatic rings. The van der Waals surface area contributed by atoms with Crippen molar-refractivity contribution in [3.63, 3.8) is 0 Å². The molecule has 0 spiro atoms. The quantitative estimate of drug-likeness (QED) is 0.785. The minimum absolute atomic E-state index is 0.0724. The Morgan fingerprint density at radius 2 is 1.52 bits per heavy atom. The number of rotatable bonds is 6. The van der Waals surface area contributed by atoms with E-state index in [-0.39, 0.29) is 16.1 Å². The van der Waals surface area contributed by atoms with Gasteiger partial charge in [0.1, 0.15) is 0 Å². The minimum atomic E-state index is -4.85. The van der Waals surface area contributed by atoms with Crippen LogP contribution in [0.2, 0.25) is 0 Å². The predicted octanol–water partition coefficient (Wildman–Crippen LogP) is 4.31. The highest BCUT2D eigenvalue weighted by molar-refractivity contribution is 7.92. The Kier molecular flexibility index (Phi) is 5.91. The van der Waals surface area contributed by atoms with E-state index in [0.717, 1.165) is 16.4 Å². The fraction of sp³-hybridized carbons (Fsp3) is 0.368. The molecule has 148 valence electrons. The van der Waals surface area contributed by atoms with Crippen molar-refractivity contribution >= 4 is 15.7 Å². The molecule has 2 aromatic carbocycles.